The second-order valence-electron chi connectivity index (χ2n) is 4.29. The quantitative estimate of drug-likeness (QED) is 0.779. The number of rotatable bonds is 8. The molecule has 0 amide bonds. The molecule has 1 aromatic carbocycles. The van der Waals surface area contributed by atoms with Crippen LogP contribution in [0, 0.1) is 5.92 Å². The molecule has 0 aromatic heterocycles. The summed E-state index contributed by atoms with van der Waals surface area (Å²) in [6.45, 7) is 4.37. The van der Waals surface area contributed by atoms with Crippen molar-refractivity contribution in [2.24, 2.45) is 5.92 Å². The average molecular weight is 316 g/mol. The van der Waals surface area contributed by atoms with E-state index < -0.39 is 0 Å². The van der Waals surface area contributed by atoms with Crippen LogP contribution in [0.1, 0.15) is 18.9 Å². The van der Waals surface area contributed by atoms with Crippen LogP contribution in [-0.2, 0) is 6.42 Å². The number of halogens is 1. The molecule has 0 saturated heterocycles. The van der Waals surface area contributed by atoms with Crippen molar-refractivity contribution in [2.75, 3.05) is 25.1 Å². The summed E-state index contributed by atoms with van der Waals surface area (Å²) in [5, 5.41) is 3.47. The van der Waals surface area contributed by atoms with Crippen LogP contribution < -0.4 is 5.32 Å². The highest BCUT2D eigenvalue weighted by Gasteiger charge is 2.08. The molecule has 1 nitrogen and oxygen atoms in total. The lowest BCUT2D eigenvalue weighted by atomic mass is 9.97. The second-order valence-corrected chi connectivity index (χ2v) is 6.19. The van der Waals surface area contributed by atoms with E-state index in [0.717, 1.165) is 23.5 Å². The van der Waals surface area contributed by atoms with Crippen LogP contribution in [0.15, 0.2) is 28.7 Å². The lowest BCUT2D eigenvalue weighted by Crippen LogP contribution is -2.24. The summed E-state index contributed by atoms with van der Waals surface area (Å²) in [4.78, 5) is 0. The molecule has 1 N–H and O–H groups in total. The SMILES string of the molecule is CCNCC(CCSC)Cc1ccc(Br)cc1. The number of hydrogen-bond donors (Lipinski definition) is 1. The molecule has 96 valence electrons. The Morgan fingerprint density at radius 3 is 2.59 bits per heavy atom. The molecule has 0 heterocycles. The van der Waals surface area contributed by atoms with Gasteiger partial charge in [-0.3, -0.25) is 0 Å². The lowest BCUT2D eigenvalue weighted by molar-refractivity contribution is 0.470. The highest BCUT2D eigenvalue weighted by atomic mass is 79.9. The highest BCUT2D eigenvalue weighted by molar-refractivity contribution is 9.10. The largest absolute Gasteiger partial charge is 0.317 e. The molecule has 0 aliphatic heterocycles. The molecule has 0 spiro atoms. The van der Waals surface area contributed by atoms with Crippen molar-refractivity contribution in [1.82, 2.24) is 5.32 Å². The molecule has 0 aliphatic rings. The van der Waals surface area contributed by atoms with E-state index in [1.807, 2.05) is 11.8 Å². The van der Waals surface area contributed by atoms with Gasteiger partial charge in [-0.25, -0.2) is 0 Å². The Hall–Kier alpha value is 0.01000. The Morgan fingerprint density at radius 1 is 1.29 bits per heavy atom. The Balaban J connectivity index is 2.48. The molecule has 1 rings (SSSR count). The minimum absolute atomic E-state index is 0.753. The summed E-state index contributed by atoms with van der Waals surface area (Å²) in [5.74, 6) is 2.01. The van der Waals surface area contributed by atoms with Gasteiger partial charge in [0.05, 0.1) is 0 Å². The van der Waals surface area contributed by atoms with Crippen molar-refractivity contribution >= 4 is 27.7 Å². The van der Waals surface area contributed by atoms with E-state index in [1.165, 1.54) is 24.2 Å². The summed E-state index contributed by atoms with van der Waals surface area (Å²) >= 11 is 5.42. The second kappa shape index (κ2) is 9.01. The van der Waals surface area contributed by atoms with Gasteiger partial charge in [-0.1, -0.05) is 35.0 Å². The maximum Gasteiger partial charge on any atom is 0.0175 e. The monoisotopic (exact) mass is 315 g/mol. The van der Waals surface area contributed by atoms with Crippen LogP contribution in [0.2, 0.25) is 0 Å². The molecule has 1 atom stereocenters. The molecule has 17 heavy (non-hydrogen) atoms. The fraction of sp³-hybridized carbons (Fsp3) is 0.571. The summed E-state index contributed by atoms with van der Waals surface area (Å²) in [6, 6.07) is 8.71. The van der Waals surface area contributed by atoms with Crippen molar-refractivity contribution in [1.29, 1.82) is 0 Å². The fourth-order valence-corrected chi connectivity index (χ4v) is 2.70. The van der Waals surface area contributed by atoms with Crippen molar-refractivity contribution in [3.8, 4) is 0 Å². The predicted molar refractivity (Wildman–Crippen MR) is 82.9 cm³/mol. The van der Waals surface area contributed by atoms with Gasteiger partial charge < -0.3 is 5.32 Å². The van der Waals surface area contributed by atoms with Gasteiger partial charge in [-0.05, 0) is 61.6 Å². The van der Waals surface area contributed by atoms with E-state index in [9.17, 15) is 0 Å². The number of benzene rings is 1. The minimum Gasteiger partial charge on any atom is -0.317 e. The smallest absolute Gasteiger partial charge is 0.0175 e. The molecule has 1 unspecified atom stereocenters. The van der Waals surface area contributed by atoms with E-state index in [0.29, 0.717) is 0 Å². The maximum absolute atomic E-state index is 3.48. The number of thioether (sulfide) groups is 1. The van der Waals surface area contributed by atoms with Crippen molar-refractivity contribution < 1.29 is 0 Å². The first-order valence-corrected chi connectivity index (χ1v) is 8.39. The van der Waals surface area contributed by atoms with Crippen molar-refractivity contribution in [3.63, 3.8) is 0 Å². The zero-order valence-corrected chi connectivity index (χ0v) is 13.1. The van der Waals surface area contributed by atoms with Crippen LogP contribution in [-0.4, -0.2) is 25.1 Å². The topological polar surface area (TPSA) is 12.0 Å². The normalized spacial score (nSPS) is 12.6. The Morgan fingerprint density at radius 2 is 2.00 bits per heavy atom. The van der Waals surface area contributed by atoms with Gasteiger partial charge in [0.1, 0.15) is 0 Å². The van der Waals surface area contributed by atoms with Crippen LogP contribution in [0.3, 0.4) is 0 Å². The fourth-order valence-electron chi connectivity index (χ4n) is 1.86. The standard InChI is InChI=1S/C14H22BrNS/c1-3-16-11-13(8-9-17-2)10-12-4-6-14(15)7-5-12/h4-7,13,16H,3,8-11H2,1-2H3. The highest BCUT2D eigenvalue weighted by Crippen LogP contribution is 2.17. The summed E-state index contributed by atoms with van der Waals surface area (Å²) in [5.41, 5.74) is 1.44. The summed E-state index contributed by atoms with van der Waals surface area (Å²) in [7, 11) is 0. The molecule has 3 heteroatoms. The van der Waals surface area contributed by atoms with Gasteiger partial charge in [0.15, 0.2) is 0 Å². The van der Waals surface area contributed by atoms with Crippen molar-refractivity contribution in [3.05, 3.63) is 34.3 Å². The number of hydrogen-bond acceptors (Lipinski definition) is 2. The predicted octanol–water partition coefficient (Wildman–Crippen LogP) is 3.97. The molecule has 0 radical (unpaired) electrons. The Kier molecular flexibility index (Phi) is 7.99. The maximum atomic E-state index is 3.48. The van der Waals surface area contributed by atoms with Gasteiger partial charge in [-0.2, -0.15) is 11.8 Å². The van der Waals surface area contributed by atoms with Gasteiger partial charge in [0, 0.05) is 4.47 Å². The molecular weight excluding hydrogens is 294 g/mol. The van der Waals surface area contributed by atoms with Gasteiger partial charge >= 0.3 is 0 Å². The van der Waals surface area contributed by atoms with E-state index in [1.54, 1.807) is 0 Å². The molecular formula is C14H22BrNS. The van der Waals surface area contributed by atoms with Crippen LogP contribution in [0.5, 0.6) is 0 Å². The zero-order chi connectivity index (χ0) is 12.5. The third-order valence-corrected chi connectivity index (χ3v) is 4.02. The first kappa shape index (κ1) is 15.1. The van der Waals surface area contributed by atoms with E-state index in [2.05, 4.69) is 58.7 Å². The van der Waals surface area contributed by atoms with Gasteiger partial charge in [0.25, 0.3) is 0 Å². The number of nitrogens with one attached hydrogen (secondary N) is 1. The summed E-state index contributed by atoms with van der Waals surface area (Å²) < 4.78 is 1.16. The molecule has 0 aliphatic carbocycles. The van der Waals surface area contributed by atoms with Crippen LogP contribution in [0.4, 0.5) is 0 Å². The average Bonchev–Trinajstić information content (AvgIpc) is 2.35. The van der Waals surface area contributed by atoms with Gasteiger partial charge in [-0.15, -0.1) is 0 Å². The summed E-state index contributed by atoms with van der Waals surface area (Å²) in [6.07, 6.45) is 4.66. The third-order valence-electron chi connectivity index (χ3n) is 2.85. The Bertz CT molecular complexity index is 292. The molecule has 0 saturated carbocycles. The van der Waals surface area contributed by atoms with Crippen LogP contribution >= 0.6 is 27.7 Å². The lowest BCUT2D eigenvalue weighted by Gasteiger charge is -2.17. The van der Waals surface area contributed by atoms with Crippen molar-refractivity contribution in [2.45, 2.75) is 19.8 Å². The zero-order valence-electron chi connectivity index (χ0n) is 10.7. The third kappa shape index (κ3) is 6.49. The van der Waals surface area contributed by atoms with E-state index in [4.69, 9.17) is 0 Å². The molecule has 0 bridgehead atoms. The first-order chi connectivity index (χ1) is 8.26. The van der Waals surface area contributed by atoms with E-state index >= 15 is 0 Å². The van der Waals surface area contributed by atoms with Crippen LogP contribution in [0.25, 0.3) is 0 Å². The van der Waals surface area contributed by atoms with E-state index in [-0.39, 0.29) is 0 Å². The van der Waals surface area contributed by atoms with Gasteiger partial charge in [0.2, 0.25) is 0 Å². The first-order valence-electron chi connectivity index (χ1n) is 6.20. The molecule has 0 fully saturated rings. The Labute approximate surface area is 118 Å². The minimum atomic E-state index is 0.753. The molecule has 1 aromatic rings.